The molecule has 1 amide bonds. The predicted molar refractivity (Wildman–Crippen MR) is 112 cm³/mol. The van der Waals surface area contributed by atoms with Crippen molar-refractivity contribution in [1.82, 2.24) is 0 Å². The van der Waals surface area contributed by atoms with E-state index in [-0.39, 0.29) is 22.1 Å². The second kappa shape index (κ2) is 7.67. The topological polar surface area (TPSA) is 64.4 Å². The number of halogens is 4. The number of hydrogen-bond donors (Lipinski definition) is 0. The van der Waals surface area contributed by atoms with E-state index in [0.29, 0.717) is 32.0 Å². The van der Waals surface area contributed by atoms with E-state index in [1.807, 2.05) is 0 Å². The van der Waals surface area contributed by atoms with E-state index in [0.717, 1.165) is 23.1 Å². The van der Waals surface area contributed by atoms with Crippen molar-refractivity contribution in [1.29, 1.82) is 5.26 Å². The number of carbonyl (C=O) groups excluding carboxylic acids is 2. The highest BCUT2D eigenvalue weighted by atomic mass is 32.1. The summed E-state index contributed by atoms with van der Waals surface area (Å²) >= 11 is 5.51. The number of benzene rings is 2. The van der Waals surface area contributed by atoms with E-state index in [2.05, 4.69) is 0 Å². The van der Waals surface area contributed by atoms with Crippen molar-refractivity contribution in [2.24, 2.45) is 0 Å². The number of hydrogen-bond acceptors (Lipinski definition) is 4. The van der Waals surface area contributed by atoms with Crippen molar-refractivity contribution in [3.63, 3.8) is 0 Å². The Kier molecular flexibility index (Phi) is 5.25. The Labute approximate surface area is 185 Å². The van der Waals surface area contributed by atoms with Gasteiger partial charge in [0.25, 0.3) is 5.91 Å². The van der Waals surface area contributed by atoms with Crippen molar-refractivity contribution in [3.05, 3.63) is 58.9 Å². The van der Waals surface area contributed by atoms with Gasteiger partial charge >= 0.3 is 6.18 Å². The number of nitrogens with zero attached hydrogens (tertiary/aromatic N) is 3. The Morgan fingerprint density at radius 3 is 2.31 bits per heavy atom. The molecule has 1 aliphatic heterocycles. The molecule has 2 aliphatic rings. The second-order valence-corrected chi connectivity index (χ2v) is 8.03. The van der Waals surface area contributed by atoms with Crippen LogP contribution in [0.25, 0.3) is 0 Å². The van der Waals surface area contributed by atoms with E-state index >= 15 is 0 Å². The quantitative estimate of drug-likeness (QED) is 0.367. The Bertz CT molecular complexity index is 1180. The second-order valence-electron chi connectivity index (χ2n) is 7.66. The first kappa shape index (κ1) is 21.9. The van der Waals surface area contributed by atoms with Crippen molar-refractivity contribution in [2.75, 3.05) is 9.80 Å². The highest BCUT2D eigenvalue weighted by Gasteiger charge is 2.57. The minimum absolute atomic E-state index is 0.0898. The summed E-state index contributed by atoms with van der Waals surface area (Å²) in [5.41, 5.74) is -2.94. The van der Waals surface area contributed by atoms with Gasteiger partial charge in [-0.05, 0) is 61.5 Å². The van der Waals surface area contributed by atoms with Gasteiger partial charge in [0.1, 0.15) is 11.4 Å². The van der Waals surface area contributed by atoms with Gasteiger partial charge in [-0.25, -0.2) is 4.39 Å². The Morgan fingerprint density at radius 1 is 1.09 bits per heavy atom. The lowest BCUT2D eigenvalue weighted by molar-refractivity contribution is -0.137. The maximum absolute atomic E-state index is 14.3. The number of thiocarbonyl (C=S) groups is 1. The van der Waals surface area contributed by atoms with Gasteiger partial charge < -0.3 is 4.90 Å². The molecule has 5 nitrogen and oxygen atoms in total. The zero-order valence-electron chi connectivity index (χ0n) is 16.4. The van der Waals surface area contributed by atoms with Gasteiger partial charge in [0.2, 0.25) is 0 Å². The summed E-state index contributed by atoms with van der Waals surface area (Å²) in [5.74, 6) is -1.30. The maximum atomic E-state index is 14.3. The van der Waals surface area contributed by atoms with Crippen LogP contribution in [0, 0.1) is 17.1 Å². The molecule has 0 unspecified atom stereocenters. The van der Waals surface area contributed by atoms with Crippen LogP contribution in [-0.4, -0.2) is 22.8 Å². The smallest absolute Gasteiger partial charge is 0.303 e. The average Bonchev–Trinajstić information content (AvgIpc) is 3.31. The predicted octanol–water partition coefficient (Wildman–Crippen LogP) is 4.98. The van der Waals surface area contributed by atoms with Crippen LogP contribution >= 0.6 is 12.2 Å². The van der Waals surface area contributed by atoms with Crippen molar-refractivity contribution < 1.29 is 27.2 Å². The fourth-order valence-electron chi connectivity index (χ4n) is 4.41. The summed E-state index contributed by atoms with van der Waals surface area (Å²) in [6, 6.07) is 8.27. The normalized spacial score (nSPS) is 17.8. The fraction of sp³-hybridized carbons (Fsp3) is 0.273. The highest BCUT2D eigenvalue weighted by Crippen LogP contribution is 2.46. The minimum Gasteiger partial charge on any atom is -0.303 e. The van der Waals surface area contributed by atoms with E-state index in [1.165, 1.54) is 29.2 Å². The summed E-state index contributed by atoms with van der Waals surface area (Å²) in [6.45, 7) is 0. The first-order chi connectivity index (χ1) is 15.1. The maximum Gasteiger partial charge on any atom is 0.417 e. The van der Waals surface area contributed by atoms with Crippen LogP contribution in [0.3, 0.4) is 0 Å². The largest absolute Gasteiger partial charge is 0.417 e. The molecule has 1 aliphatic carbocycles. The Hall–Kier alpha value is -3.32. The third-order valence-corrected chi connectivity index (χ3v) is 6.26. The third kappa shape index (κ3) is 3.24. The number of rotatable bonds is 3. The van der Waals surface area contributed by atoms with E-state index in [9.17, 15) is 27.2 Å². The van der Waals surface area contributed by atoms with Gasteiger partial charge in [-0.2, -0.15) is 18.4 Å². The molecule has 1 spiro atoms. The van der Waals surface area contributed by atoms with Gasteiger partial charge in [-0.15, -0.1) is 0 Å². The standard InChI is InChI=1S/C22H15F4N3O2S/c23-18-10-16(6-4-14(18)12-30)29-20(32)28(19(31)21(29)7-1-2-8-21)15-5-3-13(11-27)17(9-15)22(24,25)26/h3-6,9-10,12H,1-2,7-8H2. The van der Waals surface area contributed by atoms with Gasteiger partial charge in [-0.3, -0.25) is 14.5 Å². The summed E-state index contributed by atoms with van der Waals surface area (Å²) in [5, 5.41) is 8.95. The number of amides is 1. The van der Waals surface area contributed by atoms with Crippen LogP contribution in [0.4, 0.5) is 28.9 Å². The number of anilines is 2. The van der Waals surface area contributed by atoms with Crippen LogP contribution in [-0.2, 0) is 11.0 Å². The number of aldehydes is 1. The van der Waals surface area contributed by atoms with Crippen LogP contribution in [0.15, 0.2) is 36.4 Å². The van der Waals surface area contributed by atoms with Crippen LogP contribution in [0.2, 0.25) is 0 Å². The molecule has 0 atom stereocenters. The highest BCUT2D eigenvalue weighted by molar-refractivity contribution is 7.81. The monoisotopic (exact) mass is 461 g/mol. The molecule has 10 heteroatoms. The molecular formula is C22H15F4N3O2S. The van der Waals surface area contributed by atoms with E-state index in [4.69, 9.17) is 17.5 Å². The molecule has 1 saturated carbocycles. The molecule has 2 aromatic rings. The molecule has 0 radical (unpaired) electrons. The number of carbonyl (C=O) groups is 2. The molecule has 2 fully saturated rings. The van der Waals surface area contributed by atoms with Crippen molar-refractivity contribution in [2.45, 2.75) is 37.4 Å². The molecule has 1 heterocycles. The van der Waals surface area contributed by atoms with Crippen LogP contribution in [0.1, 0.15) is 47.2 Å². The molecule has 164 valence electrons. The molecule has 32 heavy (non-hydrogen) atoms. The van der Waals surface area contributed by atoms with E-state index < -0.39 is 34.6 Å². The zero-order valence-corrected chi connectivity index (χ0v) is 17.3. The van der Waals surface area contributed by atoms with Crippen LogP contribution in [0.5, 0.6) is 0 Å². The van der Waals surface area contributed by atoms with Crippen LogP contribution < -0.4 is 9.80 Å². The molecule has 1 saturated heterocycles. The average molecular weight is 461 g/mol. The Balaban J connectivity index is 1.85. The van der Waals surface area contributed by atoms with Gasteiger partial charge in [0, 0.05) is 5.69 Å². The SMILES string of the molecule is N#Cc1ccc(N2C(=O)C3(CCCC3)N(c3ccc(C=O)c(F)c3)C2=S)cc1C(F)(F)F. The van der Waals surface area contributed by atoms with Gasteiger partial charge in [0.15, 0.2) is 11.4 Å². The number of alkyl halides is 3. The summed E-state index contributed by atoms with van der Waals surface area (Å²) in [6.07, 6.45) is -2.28. The zero-order chi connectivity index (χ0) is 23.3. The molecule has 4 rings (SSSR count). The molecule has 0 bridgehead atoms. The summed E-state index contributed by atoms with van der Waals surface area (Å²) in [7, 11) is 0. The number of nitriles is 1. The van der Waals surface area contributed by atoms with Gasteiger partial charge in [-0.1, -0.05) is 12.8 Å². The van der Waals surface area contributed by atoms with Crippen molar-refractivity contribution in [3.8, 4) is 6.07 Å². The lowest BCUT2D eigenvalue weighted by Gasteiger charge is -2.32. The summed E-state index contributed by atoms with van der Waals surface area (Å²) < 4.78 is 54.8. The van der Waals surface area contributed by atoms with Gasteiger partial charge in [0.05, 0.1) is 28.4 Å². The first-order valence-corrected chi connectivity index (χ1v) is 10.1. The lowest BCUT2D eigenvalue weighted by Crippen LogP contribution is -2.47. The molecule has 2 aromatic carbocycles. The molecular weight excluding hydrogens is 446 g/mol. The van der Waals surface area contributed by atoms with Crippen molar-refractivity contribution >= 4 is 40.9 Å². The lowest BCUT2D eigenvalue weighted by atomic mass is 9.94. The summed E-state index contributed by atoms with van der Waals surface area (Å²) in [4.78, 5) is 27.0. The Morgan fingerprint density at radius 2 is 1.75 bits per heavy atom. The van der Waals surface area contributed by atoms with E-state index in [1.54, 1.807) is 0 Å². The third-order valence-electron chi connectivity index (χ3n) is 5.90. The first-order valence-electron chi connectivity index (χ1n) is 9.69. The fourth-order valence-corrected chi connectivity index (χ4v) is 4.88. The molecule has 0 aromatic heterocycles. The minimum atomic E-state index is -4.80. The molecule has 0 N–H and O–H groups in total.